The van der Waals surface area contributed by atoms with Crippen LogP contribution in [0.2, 0.25) is 10.0 Å². The second kappa shape index (κ2) is 31.4. The van der Waals surface area contributed by atoms with Gasteiger partial charge < -0.3 is 48.1 Å². The molecule has 6 aromatic carbocycles. The average molecular weight is 1220 g/mol. The van der Waals surface area contributed by atoms with Gasteiger partial charge in [-0.05, 0) is 87.4 Å². The van der Waals surface area contributed by atoms with Gasteiger partial charge in [0.2, 0.25) is 23.6 Å². The van der Waals surface area contributed by atoms with Crippen LogP contribution in [0.15, 0.2) is 133 Å². The fourth-order valence-electron chi connectivity index (χ4n) is 8.47. The van der Waals surface area contributed by atoms with E-state index in [0.29, 0.717) is 35.1 Å². The van der Waals surface area contributed by atoms with Crippen LogP contribution in [0.3, 0.4) is 0 Å². The molecule has 8 aromatic rings. The van der Waals surface area contributed by atoms with Gasteiger partial charge in [0, 0.05) is 65.7 Å². The van der Waals surface area contributed by atoms with Crippen molar-refractivity contribution in [3.05, 3.63) is 200 Å². The van der Waals surface area contributed by atoms with Gasteiger partial charge in [-0.2, -0.15) is 10.2 Å². The number of halogens is 4. The molecule has 0 spiro atoms. The highest BCUT2D eigenvalue weighted by molar-refractivity contribution is 6.31. The normalized spacial score (nSPS) is 10.7. The molecule has 0 saturated carbocycles. The first kappa shape index (κ1) is 67.2. The molecule has 8 rings (SSSR count). The maximum absolute atomic E-state index is 14.2. The molecule has 0 atom stereocenters. The van der Waals surface area contributed by atoms with Crippen molar-refractivity contribution in [1.29, 1.82) is 0 Å². The molecule has 86 heavy (non-hydrogen) atoms. The molecule has 0 fully saturated rings. The second-order valence-corrected chi connectivity index (χ2v) is 20.4. The first-order valence-electron chi connectivity index (χ1n) is 26.4. The minimum Gasteiger partial charge on any atom is -0.478 e. The summed E-state index contributed by atoms with van der Waals surface area (Å²) >= 11 is 11.6. The number of benzene rings is 6. The van der Waals surface area contributed by atoms with Crippen LogP contribution in [0, 0.1) is 11.6 Å². The minimum absolute atomic E-state index is 0. The Labute approximate surface area is 504 Å². The van der Waals surface area contributed by atoms with E-state index in [1.54, 1.807) is 52.0 Å². The van der Waals surface area contributed by atoms with Crippen LogP contribution >= 0.6 is 23.2 Å². The lowest BCUT2D eigenvalue weighted by molar-refractivity contribution is -0.138. The van der Waals surface area contributed by atoms with E-state index in [9.17, 15) is 52.2 Å². The Bertz CT molecular complexity index is 3750. The molecule has 2 heterocycles. The van der Waals surface area contributed by atoms with Gasteiger partial charge in [0.05, 0.1) is 39.7 Å². The van der Waals surface area contributed by atoms with Crippen molar-refractivity contribution in [2.45, 2.75) is 86.5 Å². The summed E-state index contributed by atoms with van der Waals surface area (Å²) < 4.78 is 30.8. The molecular formula is C61H66Cl2F2N12O9. The lowest BCUT2D eigenvalue weighted by Gasteiger charge is -2.26. The molecule has 0 saturated heterocycles. The SMILES string of the molecule is C.CC(C)N(CC(=O)NCc1cccc(Cl)c1F)C(=O)Cn1nc(C(N)=O)c2cc(C(=O)NCc3ccccc3)ccc21.CC(C)N(CC(=O)NCc1cccc(Cl)c1F)C(=O)Cn1nc(C(N)=O)c2cc(C(=O)O)ccc21.NCc1ccccc1. The van der Waals surface area contributed by atoms with Crippen LogP contribution in [-0.4, -0.2) is 107 Å². The van der Waals surface area contributed by atoms with Gasteiger partial charge >= 0.3 is 5.97 Å². The van der Waals surface area contributed by atoms with Gasteiger partial charge in [0.15, 0.2) is 11.4 Å². The number of primary amides is 2. The van der Waals surface area contributed by atoms with Crippen LogP contribution in [0.1, 0.15) is 99.1 Å². The van der Waals surface area contributed by atoms with Crippen LogP contribution in [-0.2, 0) is 58.4 Å². The number of hydrogen-bond acceptors (Lipinski definition) is 11. The number of rotatable bonds is 21. The number of fused-ring (bicyclic) bond motifs is 2. The summed E-state index contributed by atoms with van der Waals surface area (Å²) in [6, 6.07) is 36.3. The molecule has 0 bridgehead atoms. The number of carbonyl (C=O) groups is 8. The predicted molar refractivity (Wildman–Crippen MR) is 322 cm³/mol. The summed E-state index contributed by atoms with van der Waals surface area (Å²) in [6.07, 6.45) is 0. The zero-order valence-corrected chi connectivity index (χ0v) is 48.2. The number of nitrogens with two attached hydrogens (primary N) is 3. The van der Waals surface area contributed by atoms with Gasteiger partial charge in [-0.1, -0.05) is 116 Å². The highest BCUT2D eigenvalue weighted by atomic mass is 35.5. The van der Waals surface area contributed by atoms with Crippen molar-refractivity contribution in [2.24, 2.45) is 17.2 Å². The molecule has 25 heteroatoms. The van der Waals surface area contributed by atoms with Crippen molar-refractivity contribution in [2.75, 3.05) is 13.1 Å². The standard InChI is InChI=1S/C30H30ClFN6O4.C23H23ClFN5O5.C7H9N.CH4/c1-18(2)37(16-25(39)34-15-21-9-6-10-23(31)27(21)32)26(40)17-38-24-12-11-20(13-22(24)28(36-38)29(33)41)30(42)35-14-19-7-4-3-5-8-19;1-12(2)29(10-18(31)27-9-14-4-3-5-16(24)20(14)25)19(32)11-30-17-7-6-13(23(34)35)8-15(17)21(28-30)22(26)33;8-6-7-4-2-1-3-5-7;/h3-13,18H,14-17H2,1-2H3,(H2,33,41)(H,34,39)(H,35,42);3-8,12H,9-11H2,1-2H3,(H2,26,33)(H,27,31)(H,34,35);1-5H,6,8H2;1H4. The van der Waals surface area contributed by atoms with Crippen molar-refractivity contribution in [1.82, 2.24) is 45.3 Å². The first-order valence-corrected chi connectivity index (χ1v) is 27.1. The Morgan fingerprint density at radius 3 is 1.35 bits per heavy atom. The van der Waals surface area contributed by atoms with E-state index in [1.807, 2.05) is 60.7 Å². The maximum atomic E-state index is 14.2. The van der Waals surface area contributed by atoms with Crippen LogP contribution in [0.25, 0.3) is 21.8 Å². The number of nitrogens with one attached hydrogen (secondary N) is 3. The largest absolute Gasteiger partial charge is 0.478 e. The summed E-state index contributed by atoms with van der Waals surface area (Å²) in [5, 5.41) is 26.0. The predicted octanol–water partition coefficient (Wildman–Crippen LogP) is 7.37. The Morgan fingerprint density at radius 2 is 0.965 bits per heavy atom. The Balaban J connectivity index is 0.000000278. The van der Waals surface area contributed by atoms with Crippen molar-refractivity contribution >= 4 is 92.3 Å². The molecule has 0 unspecified atom stereocenters. The molecule has 2 aromatic heterocycles. The summed E-state index contributed by atoms with van der Waals surface area (Å²) in [5.74, 6) is -6.43. The number of carboxylic acids is 1. The second-order valence-electron chi connectivity index (χ2n) is 19.6. The van der Waals surface area contributed by atoms with E-state index in [-0.39, 0.29) is 108 Å². The zero-order chi connectivity index (χ0) is 62.1. The first-order chi connectivity index (χ1) is 40.5. The molecule has 7 amide bonds. The van der Waals surface area contributed by atoms with Crippen molar-refractivity contribution < 1.29 is 52.2 Å². The van der Waals surface area contributed by atoms with E-state index >= 15 is 0 Å². The average Bonchev–Trinajstić information content (AvgIpc) is 2.16. The fourth-order valence-corrected chi connectivity index (χ4v) is 8.85. The summed E-state index contributed by atoms with van der Waals surface area (Å²) in [7, 11) is 0. The Kier molecular flexibility index (Phi) is 24.5. The Morgan fingerprint density at radius 1 is 0.558 bits per heavy atom. The molecule has 10 N–H and O–H groups in total. The highest BCUT2D eigenvalue weighted by Crippen LogP contribution is 2.24. The smallest absolute Gasteiger partial charge is 0.335 e. The van der Waals surface area contributed by atoms with E-state index in [2.05, 4.69) is 26.1 Å². The van der Waals surface area contributed by atoms with E-state index in [1.165, 1.54) is 73.3 Å². The number of amides is 7. The van der Waals surface area contributed by atoms with Gasteiger partial charge in [-0.15, -0.1) is 0 Å². The monoisotopic (exact) mass is 1220 g/mol. The van der Waals surface area contributed by atoms with E-state index in [0.717, 1.165) is 5.56 Å². The van der Waals surface area contributed by atoms with E-state index < -0.39 is 53.0 Å². The number of carboxylic acid groups (broad SMARTS) is 1. The number of aromatic nitrogens is 4. The molecular weight excluding hydrogens is 1150 g/mol. The molecule has 0 aliphatic heterocycles. The van der Waals surface area contributed by atoms with Gasteiger partial charge in [-0.3, -0.25) is 42.9 Å². The van der Waals surface area contributed by atoms with Crippen LogP contribution in [0.4, 0.5) is 8.78 Å². The minimum atomic E-state index is -1.19. The van der Waals surface area contributed by atoms with Crippen molar-refractivity contribution in [3.63, 3.8) is 0 Å². The van der Waals surface area contributed by atoms with Gasteiger partial charge in [-0.25, -0.2) is 13.6 Å². The maximum Gasteiger partial charge on any atom is 0.335 e. The van der Waals surface area contributed by atoms with Crippen molar-refractivity contribution in [3.8, 4) is 0 Å². The third kappa shape index (κ3) is 18.0. The Hall–Kier alpha value is -9.58. The van der Waals surface area contributed by atoms with Gasteiger partial charge in [0.1, 0.15) is 24.7 Å². The molecule has 452 valence electrons. The quantitative estimate of drug-likeness (QED) is 0.0371. The zero-order valence-electron chi connectivity index (χ0n) is 46.7. The van der Waals surface area contributed by atoms with Crippen LogP contribution in [0.5, 0.6) is 0 Å². The van der Waals surface area contributed by atoms with Gasteiger partial charge in [0.25, 0.3) is 17.7 Å². The third-order valence-electron chi connectivity index (χ3n) is 13.0. The lowest BCUT2D eigenvalue weighted by atomic mass is 10.1. The number of nitrogens with zero attached hydrogens (tertiary/aromatic N) is 6. The fraction of sp³-hybridized carbons (Fsp3) is 0.246. The number of carbonyl (C=O) groups excluding carboxylic acids is 7. The number of hydrogen-bond donors (Lipinski definition) is 7. The lowest BCUT2D eigenvalue weighted by Crippen LogP contribution is -2.45. The number of aromatic carboxylic acids is 1. The third-order valence-corrected chi connectivity index (χ3v) is 13.5. The molecule has 0 radical (unpaired) electrons. The topological polar surface area (TPSA) is 313 Å². The van der Waals surface area contributed by atoms with Crippen LogP contribution < -0.4 is 33.2 Å². The molecule has 21 nitrogen and oxygen atoms in total. The summed E-state index contributed by atoms with van der Waals surface area (Å²) in [4.78, 5) is 102. The molecule has 0 aliphatic carbocycles. The highest BCUT2D eigenvalue weighted by Gasteiger charge is 2.26. The molecule has 0 aliphatic rings. The van der Waals surface area contributed by atoms with E-state index in [4.69, 9.17) is 40.4 Å². The summed E-state index contributed by atoms with van der Waals surface area (Å²) in [5.41, 5.74) is 19.5. The summed E-state index contributed by atoms with van der Waals surface area (Å²) in [6.45, 7) is 6.48.